The molecule has 0 saturated carbocycles. The molecule has 1 atom stereocenters. The summed E-state index contributed by atoms with van der Waals surface area (Å²) in [6.07, 6.45) is 2.38. The lowest BCUT2D eigenvalue weighted by Gasteiger charge is -2.18. The molecule has 7 heteroatoms. The quantitative estimate of drug-likeness (QED) is 0.768. The lowest BCUT2D eigenvalue weighted by atomic mass is 9.94. The Kier molecular flexibility index (Phi) is 6.51. The summed E-state index contributed by atoms with van der Waals surface area (Å²) < 4.78 is 4.93. The molecular weight excluding hydrogens is 282 g/mol. The number of methoxy groups -OCH3 is 1. The highest BCUT2D eigenvalue weighted by molar-refractivity contribution is 6.32. The molecule has 0 aliphatic heterocycles. The summed E-state index contributed by atoms with van der Waals surface area (Å²) in [5.74, 6) is 0.0996. The van der Waals surface area contributed by atoms with Gasteiger partial charge in [-0.3, -0.25) is 4.79 Å². The molecular formula is C13H20ClN3O3. The number of nitrogens with one attached hydrogen (secondary N) is 1. The molecule has 1 rings (SSSR count). The first-order chi connectivity index (χ1) is 9.42. The first-order valence-corrected chi connectivity index (χ1v) is 6.82. The Hall–Kier alpha value is -1.56. The molecule has 1 heterocycles. The minimum absolute atomic E-state index is 0.0181. The van der Waals surface area contributed by atoms with Crippen LogP contribution >= 0.6 is 11.6 Å². The lowest BCUT2D eigenvalue weighted by Crippen LogP contribution is -2.20. The van der Waals surface area contributed by atoms with Crippen molar-refractivity contribution in [3.8, 4) is 6.01 Å². The van der Waals surface area contributed by atoms with E-state index in [1.54, 1.807) is 0 Å². The monoisotopic (exact) mass is 301 g/mol. The Morgan fingerprint density at radius 1 is 1.55 bits per heavy atom. The number of halogens is 1. The molecule has 0 spiro atoms. The number of nitrogens with zero attached hydrogens (tertiary/aromatic N) is 2. The van der Waals surface area contributed by atoms with Crippen molar-refractivity contribution in [2.45, 2.75) is 26.7 Å². The molecule has 1 aromatic heterocycles. The Morgan fingerprint density at radius 2 is 2.25 bits per heavy atom. The fourth-order valence-corrected chi connectivity index (χ4v) is 2.12. The van der Waals surface area contributed by atoms with E-state index in [9.17, 15) is 4.79 Å². The van der Waals surface area contributed by atoms with Crippen LogP contribution in [0.1, 0.15) is 26.7 Å². The van der Waals surface area contributed by atoms with Gasteiger partial charge in [0, 0.05) is 13.0 Å². The number of hydrogen-bond acceptors (Lipinski definition) is 5. The second-order valence-electron chi connectivity index (χ2n) is 5.03. The Morgan fingerprint density at radius 3 is 2.80 bits per heavy atom. The first-order valence-electron chi connectivity index (χ1n) is 6.44. The Bertz CT molecular complexity index is 454. The van der Waals surface area contributed by atoms with Crippen molar-refractivity contribution in [3.63, 3.8) is 0 Å². The summed E-state index contributed by atoms with van der Waals surface area (Å²) in [4.78, 5) is 18.8. The topological polar surface area (TPSA) is 84.3 Å². The van der Waals surface area contributed by atoms with Crippen molar-refractivity contribution >= 4 is 23.4 Å². The standard InChI is InChI=1S/C13H20ClN3O3/c1-8(2)4-9(5-11(18)19)6-15-12-10(14)7-16-13(17-12)20-3/h7-9H,4-6H2,1-3H3,(H,18,19)(H,15,16,17). The van der Waals surface area contributed by atoms with E-state index in [4.69, 9.17) is 21.4 Å². The van der Waals surface area contributed by atoms with Crippen LogP contribution in [0.5, 0.6) is 6.01 Å². The predicted molar refractivity (Wildman–Crippen MR) is 77.3 cm³/mol. The highest BCUT2D eigenvalue weighted by Gasteiger charge is 2.16. The summed E-state index contributed by atoms with van der Waals surface area (Å²) in [7, 11) is 1.47. The number of ether oxygens (including phenoxy) is 1. The number of aliphatic carboxylic acids is 1. The van der Waals surface area contributed by atoms with Crippen LogP contribution in [0.25, 0.3) is 0 Å². The maximum Gasteiger partial charge on any atom is 0.318 e. The van der Waals surface area contributed by atoms with Crippen LogP contribution in [0, 0.1) is 11.8 Å². The second kappa shape index (κ2) is 7.89. The summed E-state index contributed by atoms with van der Waals surface area (Å²) in [5.41, 5.74) is 0. The minimum Gasteiger partial charge on any atom is -0.481 e. The number of aromatic nitrogens is 2. The molecule has 112 valence electrons. The van der Waals surface area contributed by atoms with E-state index < -0.39 is 5.97 Å². The van der Waals surface area contributed by atoms with Gasteiger partial charge in [0.1, 0.15) is 5.02 Å². The third-order valence-electron chi connectivity index (χ3n) is 2.73. The zero-order valence-electron chi connectivity index (χ0n) is 11.9. The molecule has 20 heavy (non-hydrogen) atoms. The molecule has 0 bridgehead atoms. The fraction of sp³-hybridized carbons (Fsp3) is 0.615. The Balaban J connectivity index is 2.68. The number of anilines is 1. The molecule has 6 nitrogen and oxygen atoms in total. The van der Waals surface area contributed by atoms with Gasteiger partial charge in [-0.15, -0.1) is 0 Å². The van der Waals surface area contributed by atoms with Crippen LogP contribution < -0.4 is 10.1 Å². The summed E-state index contributed by atoms with van der Waals surface area (Å²) in [6.45, 7) is 4.62. The van der Waals surface area contributed by atoms with E-state index in [1.165, 1.54) is 13.3 Å². The minimum atomic E-state index is -0.802. The zero-order valence-corrected chi connectivity index (χ0v) is 12.6. The van der Waals surface area contributed by atoms with E-state index in [2.05, 4.69) is 29.1 Å². The van der Waals surface area contributed by atoms with Crippen molar-refractivity contribution in [3.05, 3.63) is 11.2 Å². The molecule has 0 aliphatic rings. The van der Waals surface area contributed by atoms with Crippen LogP contribution in [-0.4, -0.2) is 34.7 Å². The van der Waals surface area contributed by atoms with E-state index in [0.29, 0.717) is 23.3 Å². The van der Waals surface area contributed by atoms with Gasteiger partial charge in [-0.2, -0.15) is 4.98 Å². The molecule has 0 fully saturated rings. The number of rotatable bonds is 8. The van der Waals surface area contributed by atoms with Crippen LogP contribution in [0.4, 0.5) is 5.82 Å². The van der Waals surface area contributed by atoms with Gasteiger partial charge in [0.15, 0.2) is 5.82 Å². The van der Waals surface area contributed by atoms with Gasteiger partial charge in [-0.25, -0.2) is 4.98 Å². The molecule has 0 aliphatic carbocycles. The summed E-state index contributed by atoms with van der Waals surface area (Å²) in [6, 6.07) is 0.218. The summed E-state index contributed by atoms with van der Waals surface area (Å²) >= 11 is 5.99. The van der Waals surface area contributed by atoms with Gasteiger partial charge in [-0.1, -0.05) is 25.4 Å². The normalized spacial score (nSPS) is 12.2. The van der Waals surface area contributed by atoms with Crippen LogP contribution in [-0.2, 0) is 4.79 Å². The van der Waals surface area contributed by atoms with E-state index in [0.717, 1.165) is 6.42 Å². The molecule has 0 aromatic carbocycles. The van der Waals surface area contributed by atoms with Gasteiger partial charge in [0.2, 0.25) is 0 Å². The average Bonchev–Trinajstić information content (AvgIpc) is 2.36. The van der Waals surface area contributed by atoms with Gasteiger partial charge in [0.05, 0.1) is 13.3 Å². The predicted octanol–water partition coefficient (Wildman–Crippen LogP) is 2.69. The van der Waals surface area contributed by atoms with E-state index >= 15 is 0 Å². The van der Waals surface area contributed by atoms with Gasteiger partial charge >= 0.3 is 12.0 Å². The van der Waals surface area contributed by atoms with Gasteiger partial charge < -0.3 is 15.2 Å². The van der Waals surface area contributed by atoms with Crippen molar-refractivity contribution in [1.29, 1.82) is 0 Å². The third-order valence-corrected chi connectivity index (χ3v) is 3.01. The van der Waals surface area contributed by atoms with Gasteiger partial charge in [-0.05, 0) is 18.3 Å². The van der Waals surface area contributed by atoms with E-state index in [1.807, 2.05) is 0 Å². The largest absolute Gasteiger partial charge is 0.481 e. The smallest absolute Gasteiger partial charge is 0.318 e. The molecule has 1 unspecified atom stereocenters. The summed E-state index contributed by atoms with van der Waals surface area (Å²) in [5, 5.41) is 12.4. The van der Waals surface area contributed by atoms with Crippen molar-refractivity contribution in [1.82, 2.24) is 9.97 Å². The maximum absolute atomic E-state index is 10.9. The number of carboxylic acids is 1. The lowest BCUT2D eigenvalue weighted by molar-refractivity contribution is -0.138. The van der Waals surface area contributed by atoms with Crippen molar-refractivity contribution in [2.24, 2.45) is 11.8 Å². The SMILES string of the molecule is COc1ncc(Cl)c(NCC(CC(=O)O)CC(C)C)n1. The van der Waals surface area contributed by atoms with Crippen LogP contribution in [0.2, 0.25) is 5.02 Å². The first kappa shape index (κ1) is 16.5. The zero-order chi connectivity index (χ0) is 15.1. The third kappa shape index (κ3) is 5.61. The average molecular weight is 302 g/mol. The molecule has 0 saturated heterocycles. The van der Waals surface area contributed by atoms with Gasteiger partial charge in [0.25, 0.3) is 0 Å². The number of carboxylic acid groups (broad SMARTS) is 1. The van der Waals surface area contributed by atoms with E-state index in [-0.39, 0.29) is 18.3 Å². The number of hydrogen-bond donors (Lipinski definition) is 2. The van der Waals surface area contributed by atoms with Crippen molar-refractivity contribution in [2.75, 3.05) is 19.0 Å². The Labute approximate surface area is 123 Å². The fourth-order valence-electron chi connectivity index (χ4n) is 1.97. The van der Waals surface area contributed by atoms with Crippen molar-refractivity contribution < 1.29 is 14.6 Å². The molecule has 2 N–H and O–H groups in total. The molecule has 0 radical (unpaired) electrons. The molecule has 0 amide bonds. The molecule has 1 aromatic rings. The van der Waals surface area contributed by atoms with Crippen LogP contribution in [0.3, 0.4) is 0 Å². The highest BCUT2D eigenvalue weighted by atomic mass is 35.5. The number of carbonyl (C=O) groups is 1. The maximum atomic E-state index is 10.9. The van der Waals surface area contributed by atoms with Crippen LogP contribution in [0.15, 0.2) is 6.20 Å². The highest BCUT2D eigenvalue weighted by Crippen LogP contribution is 2.22. The second-order valence-corrected chi connectivity index (χ2v) is 5.43.